The molecule has 0 fully saturated rings. The van der Waals surface area contributed by atoms with E-state index >= 15 is 0 Å². The molecule has 1 aliphatic carbocycles. The van der Waals surface area contributed by atoms with Crippen molar-refractivity contribution in [2.45, 2.75) is 24.3 Å². The minimum absolute atomic E-state index is 0.00212. The predicted octanol–water partition coefficient (Wildman–Crippen LogP) is 7.69. The summed E-state index contributed by atoms with van der Waals surface area (Å²) < 4.78 is 11.6. The maximum atomic E-state index is 13.3. The summed E-state index contributed by atoms with van der Waals surface area (Å²) in [7, 11) is 0. The molecule has 11 heteroatoms. The molecule has 2 aliphatic rings. The number of hydrogen-bond donors (Lipinski definition) is 6. The van der Waals surface area contributed by atoms with Gasteiger partial charge in [-0.15, -0.1) is 0 Å². The van der Waals surface area contributed by atoms with Crippen LogP contribution in [-0.4, -0.2) is 45.4 Å². The average Bonchev–Trinajstić information content (AvgIpc) is 3.89. The van der Waals surface area contributed by atoms with Gasteiger partial charge in [0, 0.05) is 34.0 Å². The fourth-order valence-corrected chi connectivity index (χ4v) is 7.30. The smallest absolute Gasteiger partial charge is 0.259 e. The number of furan rings is 2. The highest BCUT2D eigenvalue weighted by Crippen LogP contribution is 2.49. The number of carbonyl (C=O) groups is 2. The lowest BCUT2D eigenvalue weighted by Gasteiger charge is -2.21. The van der Waals surface area contributed by atoms with E-state index in [-0.39, 0.29) is 41.7 Å². The summed E-state index contributed by atoms with van der Waals surface area (Å²) in [6.07, 6.45) is 4.51. The van der Waals surface area contributed by atoms with Gasteiger partial charge in [-0.05, 0) is 101 Å². The second kappa shape index (κ2) is 14.2. The van der Waals surface area contributed by atoms with Crippen LogP contribution in [0.5, 0.6) is 5.75 Å². The third-order valence-electron chi connectivity index (χ3n) is 8.79. The Morgan fingerprint density at radius 3 is 2.55 bits per heavy atom. The lowest BCUT2D eigenvalue weighted by atomic mass is 9.87. The zero-order valence-electron chi connectivity index (χ0n) is 27.4. The van der Waals surface area contributed by atoms with E-state index < -0.39 is 17.9 Å². The van der Waals surface area contributed by atoms with Crippen molar-refractivity contribution in [2.24, 2.45) is 5.92 Å². The highest BCUT2D eigenvalue weighted by Gasteiger charge is 2.28. The number of rotatable bonds is 9. The van der Waals surface area contributed by atoms with Gasteiger partial charge < -0.3 is 39.9 Å². The Labute approximate surface area is 297 Å². The summed E-state index contributed by atoms with van der Waals surface area (Å²) in [5.41, 5.74) is 4.77. The first kappa shape index (κ1) is 33.7. The molecule has 51 heavy (non-hydrogen) atoms. The van der Waals surface area contributed by atoms with Crippen molar-refractivity contribution >= 4 is 40.9 Å². The Morgan fingerprint density at radius 2 is 1.75 bits per heavy atom. The van der Waals surface area contributed by atoms with Crippen LogP contribution >= 0.6 is 11.8 Å². The van der Waals surface area contributed by atoms with Gasteiger partial charge in [-0.25, -0.2) is 0 Å². The van der Waals surface area contributed by atoms with Gasteiger partial charge in [0.15, 0.2) is 0 Å². The molecule has 0 saturated heterocycles. The summed E-state index contributed by atoms with van der Waals surface area (Å²) in [6, 6.07) is 24.9. The standard InChI is InChI=1S/C40H34N2O8S/c1-22-16-33(45)31(21-29(22)35-6-3-15-49-35)40(48)42-26-5-2-4-23(17-26)24-7-10-28-36(19-24)51-37(38(28)46)20-27-9-12-34(50-27)25-8-11-32(44)30(18-25)39(47)41-13-14-43/h2-12,15,17-22,38,43-46H,13-14,16H2,1H3,(H,41,47)(H,42,48)/b37-20-. The summed E-state index contributed by atoms with van der Waals surface area (Å²) in [6.45, 7) is 1.82. The highest BCUT2D eigenvalue weighted by molar-refractivity contribution is 8.03. The summed E-state index contributed by atoms with van der Waals surface area (Å²) in [4.78, 5) is 27.3. The Kier molecular flexibility index (Phi) is 9.42. The molecular weight excluding hydrogens is 669 g/mol. The van der Waals surface area contributed by atoms with Crippen molar-refractivity contribution in [1.29, 1.82) is 0 Å². The van der Waals surface area contributed by atoms with Crippen LogP contribution in [0.15, 0.2) is 127 Å². The zero-order valence-corrected chi connectivity index (χ0v) is 28.2. The molecule has 1 aliphatic heterocycles. The third kappa shape index (κ3) is 7.00. The number of thioether (sulfide) groups is 1. The number of nitrogens with one attached hydrogen (secondary N) is 2. The zero-order chi connectivity index (χ0) is 35.6. The highest BCUT2D eigenvalue weighted by atomic mass is 32.2. The second-order valence-corrected chi connectivity index (χ2v) is 13.4. The van der Waals surface area contributed by atoms with Crippen molar-refractivity contribution in [1.82, 2.24) is 5.32 Å². The maximum Gasteiger partial charge on any atom is 0.259 e. The van der Waals surface area contributed by atoms with Crippen LogP contribution < -0.4 is 10.6 Å². The normalized spacial score (nSPS) is 17.7. The number of allylic oxidation sites excluding steroid dienone is 2. The number of aromatic hydroxyl groups is 1. The van der Waals surface area contributed by atoms with Gasteiger partial charge >= 0.3 is 0 Å². The van der Waals surface area contributed by atoms with Crippen molar-refractivity contribution in [3.8, 4) is 28.2 Å². The second-order valence-electron chi connectivity index (χ2n) is 12.3. The van der Waals surface area contributed by atoms with Crippen LogP contribution in [0.1, 0.15) is 46.9 Å². The maximum absolute atomic E-state index is 13.3. The van der Waals surface area contributed by atoms with Crippen LogP contribution in [-0.2, 0) is 4.79 Å². The summed E-state index contributed by atoms with van der Waals surface area (Å²) >= 11 is 1.43. The number of fused-ring (bicyclic) bond motifs is 1. The van der Waals surface area contributed by atoms with Gasteiger partial charge in [0.1, 0.15) is 34.9 Å². The van der Waals surface area contributed by atoms with Crippen LogP contribution in [0.2, 0.25) is 0 Å². The molecule has 7 rings (SSSR count). The van der Waals surface area contributed by atoms with Crippen molar-refractivity contribution in [3.63, 3.8) is 0 Å². The van der Waals surface area contributed by atoms with Gasteiger partial charge in [-0.2, -0.15) is 0 Å². The molecule has 258 valence electrons. The molecule has 0 radical (unpaired) electrons. The first-order chi connectivity index (χ1) is 24.7. The molecular formula is C40H34N2O8S. The number of carbonyl (C=O) groups excluding carboxylic acids is 2. The van der Waals surface area contributed by atoms with E-state index in [0.29, 0.717) is 39.9 Å². The molecule has 2 amide bonds. The summed E-state index contributed by atoms with van der Waals surface area (Å²) in [5, 5.41) is 46.5. The molecule has 0 saturated carbocycles. The number of benzene rings is 3. The fraction of sp³-hybridized carbons (Fsp3) is 0.150. The van der Waals surface area contributed by atoms with Gasteiger partial charge in [-0.1, -0.05) is 43.0 Å². The molecule has 2 atom stereocenters. The van der Waals surface area contributed by atoms with Gasteiger partial charge in [0.05, 0.1) is 24.0 Å². The number of amides is 2. The van der Waals surface area contributed by atoms with Gasteiger partial charge in [-0.3, -0.25) is 9.59 Å². The topological polar surface area (TPSA) is 165 Å². The fourth-order valence-electron chi connectivity index (χ4n) is 6.15. The van der Waals surface area contributed by atoms with Crippen molar-refractivity contribution in [2.75, 3.05) is 18.5 Å². The molecule has 3 heterocycles. The largest absolute Gasteiger partial charge is 0.511 e. The molecule has 2 aromatic heterocycles. The average molecular weight is 703 g/mol. The van der Waals surface area contributed by atoms with E-state index in [2.05, 4.69) is 10.6 Å². The van der Waals surface area contributed by atoms with Crippen molar-refractivity contribution < 1.29 is 38.8 Å². The molecule has 3 aromatic carbocycles. The lowest BCUT2D eigenvalue weighted by molar-refractivity contribution is -0.112. The van der Waals surface area contributed by atoms with E-state index in [1.54, 1.807) is 48.7 Å². The van der Waals surface area contributed by atoms with Crippen molar-refractivity contribution in [3.05, 3.63) is 136 Å². The van der Waals surface area contributed by atoms with Gasteiger partial charge in [0.25, 0.3) is 11.8 Å². The monoisotopic (exact) mass is 702 g/mol. The van der Waals surface area contributed by atoms with E-state index in [1.165, 1.54) is 23.9 Å². The Hall–Kier alpha value is -5.75. The van der Waals surface area contributed by atoms with E-state index in [9.17, 15) is 24.9 Å². The Balaban J connectivity index is 1.06. The minimum Gasteiger partial charge on any atom is -0.511 e. The SMILES string of the molecule is CC1CC(O)=C(C(=O)Nc2cccc(-c3ccc4c(c3)S/C(=C\c3ccc(-c5ccc(O)c(C(=O)NCCO)c5)o3)C4O)c2)C=C1c1ccco1. The predicted molar refractivity (Wildman–Crippen MR) is 195 cm³/mol. The van der Waals surface area contributed by atoms with E-state index in [4.69, 9.17) is 13.9 Å². The van der Waals surface area contributed by atoms with Crippen LogP contribution in [0, 0.1) is 5.92 Å². The molecule has 5 aromatic rings. The van der Waals surface area contributed by atoms with Crippen LogP contribution in [0.25, 0.3) is 34.1 Å². The molecule has 6 N–H and O–H groups in total. The number of phenols is 1. The molecule has 10 nitrogen and oxygen atoms in total. The Morgan fingerprint density at radius 1 is 0.922 bits per heavy atom. The van der Waals surface area contributed by atoms with Crippen LogP contribution in [0.3, 0.4) is 0 Å². The Bertz CT molecular complexity index is 2230. The van der Waals surface area contributed by atoms with E-state index in [1.807, 2.05) is 49.4 Å². The number of aliphatic hydroxyl groups is 3. The molecule has 0 spiro atoms. The number of phenolic OH excluding ortho intramolecular Hbond substituents is 1. The number of aliphatic hydroxyl groups excluding tert-OH is 3. The minimum atomic E-state index is -0.855. The van der Waals surface area contributed by atoms with Gasteiger partial charge in [0.2, 0.25) is 0 Å². The number of hydrogen-bond acceptors (Lipinski definition) is 9. The molecule has 0 bridgehead atoms. The summed E-state index contributed by atoms with van der Waals surface area (Å²) in [5.74, 6) is 0.552. The first-order valence-electron chi connectivity index (χ1n) is 16.3. The quantitative estimate of drug-likeness (QED) is 0.0903. The van der Waals surface area contributed by atoms with E-state index in [0.717, 1.165) is 27.2 Å². The number of anilines is 1. The third-order valence-corrected chi connectivity index (χ3v) is 9.94. The lowest BCUT2D eigenvalue weighted by Crippen LogP contribution is -2.26. The van der Waals surface area contributed by atoms with Crippen LogP contribution in [0.4, 0.5) is 5.69 Å². The first-order valence-corrected chi connectivity index (χ1v) is 17.1. The molecule has 2 unspecified atom stereocenters.